The number of rotatable bonds is 19. The van der Waals surface area contributed by atoms with Crippen LogP contribution in [0.4, 0.5) is 0 Å². The van der Waals surface area contributed by atoms with Gasteiger partial charge in [-0.3, -0.25) is 29.0 Å². The summed E-state index contributed by atoms with van der Waals surface area (Å²) in [6.45, 7) is 8.86. The standard InChI is InChI=1S/C38H52N2O4/c1-3-5-19-37-21-17-27(25-37)29-31(37)35(43)39(33(29)41)23-15-13-11-9-7-8-10-12-14-16-24-40-34(42)30-28-18-22-38(26-28,20-6-4-2)32(30)36(40)44/h3-4,17-18,21-22,27-32H,1-2,5-16,19-20,23-26H2. The number of carbonyl (C=O) groups excluding carboxylic acids is 4. The van der Waals surface area contributed by atoms with Crippen LogP contribution in [0.25, 0.3) is 0 Å². The lowest BCUT2D eigenvalue weighted by Crippen LogP contribution is -2.36. The van der Waals surface area contributed by atoms with Crippen molar-refractivity contribution < 1.29 is 19.2 Å². The monoisotopic (exact) mass is 600 g/mol. The Hall–Kier alpha value is -2.76. The van der Waals surface area contributed by atoms with Gasteiger partial charge in [0.05, 0.1) is 23.7 Å². The summed E-state index contributed by atoms with van der Waals surface area (Å²) in [6, 6.07) is 0. The molecule has 0 aromatic carbocycles. The summed E-state index contributed by atoms with van der Waals surface area (Å²) >= 11 is 0. The van der Waals surface area contributed by atoms with Gasteiger partial charge in [-0.25, -0.2) is 0 Å². The maximum atomic E-state index is 13.3. The van der Waals surface area contributed by atoms with Crippen LogP contribution < -0.4 is 0 Å². The molecule has 0 N–H and O–H groups in total. The number of hydrogen-bond donors (Lipinski definition) is 0. The van der Waals surface area contributed by atoms with Crippen LogP contribution in [-0.4, -0.2) is 46.5 Å². The highest BCUT2D eigenvalue weighted by Gasteiger charge is 2.66. The van der Waals surface area contributed by atoms with E-state index in [9.17, 15) is 19.2 Å². The summed E-state index contributed by atoms with van der Waals surface area (Å²) in [5.41, 5.74) is -0.252. The second-order valence-electron chi connectivity index (χ2n) is 14.8. The predicted octanol–water partition coefficient (Wildman–Crippen LogP) is 7.17. The summed E-state index contributed by atoms with van der Waals surface area (Å²) in [5, 5.41) is 0. The van der Waals surface area contributed by atoms with Crippen molar-refractivity contribution in [1.82, 2.24) is 9.80 Å². The Kier molecular flexibility index (Phi) is 9.17. The van der Waals surface area contributed by atoms with Crippen LogP contribution in [0.2, 0.25) is 0 Å². The van der Waals surface area contributed by atoms with Gasteiger partial charge < -0.3 is 0 Å². The summed E-state index contributed by atoms with van der Waals surface area (Å²) in [7, 11) is 0. The first-order chi connectivity index (χ1) is 21.4. The minimum atomic E-state index is -0.146. The van der Waals surface area contributed by atoms with Gasteiger partial charge in [0.1, 0.15) is 0 Å². The number of imide groups is 2. The van der Waals surface area contributed by atoms with Crippen LogP contribution in [0, 0.1) is 46.3 Å². The third-order valence-corrected chi connectivity index (χ3v) is 12.3. The number of hydrogen-bond acceptors (Lipinski definition) is 4. The molecular formula is C38H52N2O4. The average molecular weight is 601 g/mol. The molecular weight excluding hydrogens is 548 g/mol. The van der Waals surface area contributed by atoms with E-state index in [1.54, 1.807) is 9.80 Å². The summed E-state index contributed by atoms with van der Waals surface area (Å²) in [6.07, 6.45) is 29.2. The van der Waals surface area contributed by atoms with Crippen molar-refractivity contribution in [3.8, 4) is 0 Å². The normalized spacial score (nSPS) is 35.9. The molecule has 4 bridgehead atoms. The van der Waals surface area contributed by atoms with Crippen LogP contribution in [0.3, 0.4) is 0 Å². The van der Waals surface area contributed by atoms with Gasteiger partial charge in [-0.2, -0.15) is 0 Å². The van der Waals surface area contributed by atoms with Gasteiger partial charge in [-0.1, -0.05) is 87.8 Å². The quantitative estimate of drug-likeness (QED) is 0.0895. The SMILES string of the molecule is C=CCCC12C=CC(C1)C1C(=O)N(CCCCCCCCCCCCN3C(=O)C4C5C=CC(CCC=C)(C5)C4C3=O)C(=O)C12. The van der Waals surface area contributed by atoms with Gasteiger partial charge in [0.2, 0.25) is 23.6 Å². The zero-order valence-electron chi connectivity index (χ0n) is 26.6. The van der Waals surface area contributed by atoms with Crippen molar-refractivity contribution in [2.24, 2.45) is 46.3 Å². The number of allylic oxidation sites excluding steroid dienone is 6. The second kappa shape index (κ2) is 12.9. The van der Waals surface area contributed by atoms with E-state index >= 15 is 0 Å². The number of fused-ring (bicyclic) bond motifs is 10. The molecule has 0 radical (unpaired) electrons. The van der Waals surface area contributed by atoms with Gasteiger partial charge in [0.15, 0.2) is 0 Å². The molecule has 238 valence electrons. The van der Waals surface area contributed by atoms with E-state index in [4.69, 9.17) is 0 Å². The van der Waals surface area contributed by atoms with Crippen molar-refractivity contribution in [2.75, 3.05) is 13.1 Å². The lowest BCUT2D eigenvalue weighted by atomic mass is 9.72. The molecule has 8 unspecified atom stereocenters. The minimum absolute atomic E-state index is 0.0766. The molecule has 6 rings (SSSR count). The van der Waals surface area contributed by atoms with E-state index in [-0.39, 0.29) is 70.0 Å². The molecule has 8 atom stereocenters. The van der Waals surface area contributed by atoms with Crippen molar-refractivity contribution in [3.05, 3.63) is 49.6 Å². The van der Waals surface area contributed by atoms with Crippen molar-refractivity contribution in [1.29, 1.82) is 0 Å². The summed E-state index contributed by atoms with van der Waals surface area (Å²) in [5.74, 6) is 0.247. The van der Waals surface area contributed by atoms with Crippen LogP contribution in [0.15, 0.2) is 49.6 Å². The first-order valence-electron chi connectivity index (χ1n) is 17.7. The lowest BCUT2D eigenvalue weighted by Gasteiger charge is -2.30. The molecule has 2 heterocycles. The first kappa shape index (κ1) is 31.2. The van der Waals surface area contributed by atoms with Crippen molar-refractivity contribution in [3.63, 3.8) is 0 Å². The van der Waals surface area contributed by atoms with Crippen molar-refractivity contribution in [2.45, 2.75) is 103 Å². The largest absolute Gasteiger partial charge is 0.282 e. The van der Waals surface area contributed by atoms with Gasteiger partial charge in [-0.15, -0.1) is 13.2 Å². The average Bonchev–Trinajstić information content (AvgIpc) is 3.85. The molecule has 0 spiro atoms. The fraction of sp³-hybridized carbons (Fsp3) is 0.684. The van der Waals surface area contributed by atoms with Crippen LogP contribution in [0.1, 0.15) is 103 Å². The smallest absolute Gasteiger partial charge is 0.233 e. The van der Waals surface area contributed by atoms with Gasteiger partial charge in [-0.05, 0) is 63.2 Å². The zero-order valence-corrected chi connectivity index (χ0v) is 26.6. The number of nitrogens with zero attached hydrogens (tertiary/aromatic N) is 2. The number of likely N-dealkylation sites (tertiary alicyclic amines) is 2. The first-order valence-corrected chi connectivity index (χ1v) is 17.7. The van der Waals surface area contributed by atoms with Gasteiger partial charge >= 0.3 is 0 Å². The molecule has 2 saturated heterocycles. The second-order valence-corrected chi connectivity index (χ2v) is 14.8. The Morgan fingerprint density at radius 1 is 0.591 bits per heavy atom. The molecule has 44 heavy (non-hydrogen) atoms. The third kappa shape index (κ3) is 5.28. The van der Waals surface area contributed by atoms with Gasteiger partial charge in [0.25, 0.3) is 0 Å². The number of unbranched alkanes of at least 4 members (excludes halogenated alkanes) is 9. The Morgan fingerprint density at radius 3 is 1.32 bits per heavy atom. The highest BCUT2D eigenvalue weighted by molar-refractivity contribution is 6.07. The topological polar surface area (TPSA) is 74.8 Å². The Balaban J connectivity index is 0.814. The number of amides is 4. The summed E-state index contributed by atoms with van der Waals surface area (Å²) in [4.78, 5) is 56.1. The molecule has 0 aromatic rings. The molecule has 6 heteroatoms. The number of carbonyl (C=O) groups is 4. The molecule has 2 aliphatic heterocycles. The highest BCUT2D eigenvalue weighted by atomic mass is 16.2. The van der Waals surface area contributed by atoms with Crippen LogP contribution >= 0.6 is 0 Å². The van der Waals surface area contributed by atoms with E-state index in [2.05, 4.69) is 37.5 Å². The zero-order chi connectivity index (χ0) is 30.9. The molecule has 6 aliphatic rings. The van der Waals surface area contributed by atoms with Crippen LogP contribution in [-0.2, 0) is 19.2 Å². The van der Waals surface area contributed by atoms with E-state index in [0.717, 1.165) is 77.0 Å². The maximum absolute atomic E-state index is 13.3. The minimum Gasteiger partial charge on any atom is -0.282 e. The Labute approximate surface area is 264 Å². The molecule has 2 saturated carbocycles. The molecule has 4 aliphatic carbocycles. The fourth-order valence-corrected chi connectivity index (χ4v) is 10.1. The van der Waals surface area contributed by atoms with E-state index in [0.29, 0.717) is 13.1 Å². The molecule has 4 amide bonds. The van der Waals surface area contributed by atoms with E-state index in [1.165, 1.54) is 25.7 Å². The Morgan fingerprint density at radius 2 is 0.955 bits per heavy atom. The molecule has 4 fully saturated rings. The van der Waals surface area contributed by atoms with E-state index in [1.807, 2.05) is 12.2 Å². The van der Waals surface area contributed by atoms with Crippen LogP contribution in [0.5, 0.6) is 0 Å². The fourth-order valence-electron chi connectivity index (χ4n) is 10.1. The molecule has 6 nitrogen and oxygen atoms in total. The lowest BCUT2D eigenvalue weighted by molar-refractivity contribution is -0.143. The Bertz CT molecular complexity index is 1140. The molecule has 0 aromatic heterocycles. The summed E-state index contributed by atoms with van der Waals surface area (Å²) < 4.78 is 0. The predicted molar refractivity (Wildman–Crippen MR) is 172 cm³/mol. The van der Waals surface area contributed by atoms with Gasteiger partial charge in [0, 0.05) is 23.9 Å². The van der Waals surface area contributed by atoms with Crippen molar-refractivity contribution >= 4 is 23.6 Å². The highest BCUT2D eigenvalue weighted by Crippen LogP contribution is 2.63. The third-order valence-electron chi connectivity index (χ3n) is 12.3. The van der Waals surface area contributed by atoms with E-state index < -0.39 is 0 Å². The maximum Gasteiger partial charge on any atom is 0.233 e.